The molecule has 2 aromatic heterocycles. The van der Waals surface area contributed by atoms with Crippen molar-refractivity contribution in [3.05, 3.63) is 87.6 Å². The molecule has 1 fully saturated rings. The molecule has 2 heterocycles. The van der Waals surface area contributed by atoms with Crippen LogP contribution in [0.15, 0.2) is 65.4 Å². The monoisotopic (exact) mass is 426 g/mol. The van der Waals surface area contributed by atoms with E-state index >= 15 is 0 Å². The SMILES string of the molecule is Cc1cccc(-c2nc3cc(C)ccc3cc2CN(C(=O)Cc2ccsc2)C2CC2)c1. The van der Waals surface area contributed by atoms with Gasteiger partial charge in [0, 0.05) is 23.5 Å². The third kappa shape index (κ3) is 4.40. The molecule has 0 unspecified atom stereocenters. The average Bonchev–Trinajstić information content (AvgIpc) is 3.47. The minimum atomic E-state index is 0.208. The van der Waals surface area contributed by atoms with Gasteiger partial charge in [-0.2, -0.15) is 11.3 Å². The highest BCUT2D eigenvalue weighted by molar-refractivity contribution is 7.08. The molecule has 0 bridgehead atoms. The number of nitrogens with zero attached hydrogens (tertiary/aromatic N) is 2. The second-order valence-electron chi connectivity index (χ2n) is 8.62. The quantitative estimate of drug-likeness (QED) is 0.362. The van der Waals surface area contributed by atoms with Gasteiger partial charge in [0.1, 0.15) is 0 Å². The molecule has 5 rings (SSSR count). The lowest BCUT2D eigenvalue weighted by Gasteiger charge is -2.24. The summed E-state index contributed by atoms with van der Waals surface area (Å²) in [6, 6.07) is 19.5. The van der Waals surface area contributed by atoms with Crippen LogP contribution in [-0.4, -0.2) is 21.8 Å². The Morgan fingerprint density at radius 1 is 1.06 bits per heavy atom. The van der Waals surface area contributed by atoms with Crippen LogP contribution in [0, 0.1) is 13.8 Å². The van der Waals surface area contributed by atoms with Crippen LogP contribution in [-0.2, 0) is 17.8 Å². The van der Waals surface area contributed by atoms with E-state index in [-0.39, 0.29) is 5.91 Å². The van der Waals surface area contributed by atoms with E-state index in [1.807, 2.05) is 11.4 Å². The van der Waals surface area contributed by atoms with Crippen LogP contribution < -0.4 is 0 Å². The zero-order valence-corrected chi connectivity index (χ0v) is 18.8. The fourth-order valence-corrected chi connectivity index (χ4v) is 4.81. The fourth-order valence-electron chi connectivity index (χ4n) is 4.14. The summed E-state index contributed by atoms with van der Waals surface area (Å²) < 4.78 is 0. The van der Waals surface area contributed by atoms with Gasteiger partial charge >= 0.3 is 0 Å². The Hall–Kier alpha value is -2.98. The minimum Gasteiger partial charge on any atom is -0.335 e. The topological polar surface area (TPSA) is 33.2 Å². The summed E-state index contributed by atoms with van der Waals surface area (Å²) in [5, 5.41) is 5.23. The van der Waals surface area contributed by atoms with E-state index in [2.05, 4.69) is 72.7 Å². The van der Waals surface area contributed by atoms with Crippen molar-refractivity contribution < 1.29 is 4.79 Å². The molecule has 1 saturated carbocycles. The molecule has 0 atom stereocenters. The number of thiophene rings is 1. The number of aryl methyl sites for hydroxylation is 2. The van der Waals surface area contributed by atoms with Crippen molar-refractivity contribution in [3.63, 3.8) is 0 Å². The Labute approximate surface area is 187 Å². The molecule has 0 spiro atoms. The van der Waals surface area contributed by atoms with E-state index in [1.165, 1.54) is 11.1 Å². The van der Waals surface area contributed by atoms with E-state index in [4.69, 9.17) is 4.98 Å². The van der Waals surface area contributed by atoms with E-state index < -0.39 is 0 Å². The zero-order chi connectivity index (χ0) is 21.4. The highest BCUT2D eigenvalue weighted by atomic mass is 32.1. The Balaban J connectivity index is 1.56. The lowest BCUT2D eigenvalue weighted by atomic mass is 10.0. The first kappa shape index (κ1) is 20.0. The summed E-state index contributed by atoms with van der Waals surface area (Å²) in [5.74, 6) is 0.208. The van der Waals surface area contributed by atoms with E-state index in [9.17, 15) is 4.79 Å². The highest BCUT2D eigenvalue weighted by Crippen LogP contribution is 2.33. The van der Waals surface area contributed by atoms with Gasteiger partial charge in [-0.15, -0.1) is 0 Å². The van der Waals surface area contributed by atoms with Crippen molar-refractivity contribution in [2.75, 3.05) is 0 Å². The summed E-state index contributed by atoms with van der Waals surface area (Å²) >= 11 is 1.64. The van der Waals surface area contributed by atoms with Gasteiger partial charge in [-0.25, -0.2) is 4.98 Å². The molecule has 3 nitrogen and oxygen atoms in total. The Bertz CT molecular complexity index is 1240. The molecule has 4 aromatic rings. The zero-order valence-electron chi connectivity index (χ0n) is 18.0. The molecule has 2 aromatic carbocycles. The largest absolute Gasteiger partial charge is 0.335 e. The Morgan fingerprint density at radius 3 is 2.65 bits per heavy atom. The first-order valence-electron chi connectivity index (χ1n) is 10.8. The van der Waals surface area contributed by atoms with Crippen LogP contribution in [0.25, 0.3) is 22.2 Å². The van der Waals surface area contributed by atoms with Crippen LogP contribution in [0.4, 0.5) is 0 Å². The summed E-state index contributed by atoms with van der Waals surface area (Å²) in [4.78, 5) is 20.4. The molecule has 0 aliphatic heterocycles. The predicted molar refractivity (Wildman–Crippen MR) is 128 cm³/mol. The molecular formula is C27H26N2OS. The molecule has 1 aliphatic rings. The predicted octanol–water partition coefficient (Wildman–Crippen LogP) is 6.31. The number of pyridine rings is 1. The van der Waals surface area contributed by atoms with Crippen LogP contribution in [0.2, 0.25) is 0 Å². The Morgan fingerprint density at radius 2 is 1.90 bits per heavy atom. The van der Waals surface area contributed by atoms with Gasteiger partial charge in [-0.3, -0.25) is 4.79 Å². The van der Waals surface area contributed by atoms with Crippen molar-refractivity contribution >= 4 is 28.1 Å². The first-order chi connectivity index (χ1) is 15.1. The van der Waals surface area contributed by atoms with E-state index in [0.29, 0.717) is 19.0 Å². The van der Waals surface area contributed by atoms with Crippen molar-refractivity contribution in [2.45, 2.75) is 45.7 Å². The number of aromatic nitrogens is 1. The van der Waals surface area contributed by atoms with Crippen LogP contribution >= 0.6 is 11.3 Å². The van der Waals surface area contributed by atoms with Gasteiger partial charge < -0.3 is 4.90 Å². The van der Waals surface area contributed by atoms with Crippen LogP contribution in [0.5, 0.6) is 0 Å². The standard InChI is InChI=1S/C27H26N2OS/c1-18-4-3-5-22(12-18)27-23(15-21-7-6-19(2)13-25(21)28-27)16-29(24-8-9-24)26(30)14-20-10-11-31-17-20/h3-7,10-13,15,17,24H,8-9,14,16H2,1-2H3. The first-order valence-corrected chi connectivity index (χ1v) is 11.8. The van der Waals surface area contributed by atoms with Gasteiger partial charge in [-0.05, 0) is 78.4 Å². The van der Waals surface area contributed by atoms with Gasteiger partial charge in [0.05, 0.1) is 17.6 Å². The lowest BCUT2D eigenvalue weighted by Crippen LogP contribution is -2.34. The highest BCUT2D eigenvalue weighted by Gasteiger charge is 2.33. The summed E-state index contributed by atoms with van der Waals surface area (Å²) in [6.45, 7) is 4.81. The van der Waals surface area contributed by atoms with E-state index in [1.54, 1.807) is 11.3 Å². The smallest absolute Gasteiger partial charge is 0.227 e. The average molecular weight is 427 g/mol. The molecule has 156 valence electrons. The number of carbonyl (C=O) groups excluding carboxylic acids is 1. The van der Waals surface area contributed by atoms with Crippen molar-refractivity contribution in [1.29, 1.82) is 0 Å². The molecule has 1 amide bonds. The number of rotatable bonds is 6. The molecule has 31 heavy (non-hydrogen) atoms. The number of hydrogen-bond donors (Lipinski definition) is 0. The van der Waals surface area contributed by atoms with Gasteiger partial charge in [0.2, 0.25) is 5.91 Å². The maximum Gasteiger partial charge on any atom is 0.227 e. The fraction of sp³-hybridized carbons (Fsp3) is 0.259. The summed E-state index contributed by atoms with van der Waals surface area (Å²) in [5.41, 5.74) is 7.73. The molecule has 4 heteroatoms. The van der Waals surface area contributed by atoms with E-state index in [0.717, 1.165) is 46.1 Å². The number of carbonyl (C=O) groups is 1. The van der Waals surface area contributed by atoms with Crippen molar-refractivity contribution in [3.8, 4) is 11.3 Å². The summed E-state index contributed by atoms with van der Waals surface area (Å²) in [6.07, 6.45) is 2.66. The maximum absolute atomic E-state index is 13.2. The molecular weight excluding hydrogens is 400 g/mol. The van der Waals surface area contributed by atoms with Gasteiger partial charge in [-0.1, -0.05) is 35.9 Å². The third-order valence-electron chi connectivity index (χ3n) is 5.93. The number of benzene rings is 2. The van der Waals surface area contributed by atoms with Crippen LogP contribution in [0.3, 0.4) is 0 Å². The number of hydrogen-bond acceptors (Lipinski definition) is 3. The maximum atomic E-state index is 13.2. The Kier molecular flexibility index (Phi) is 5.33. The molecule has 0 N–H and O–H groups in total. The molecule has 0 radical (unpaired) electrons. The number of fused-ring (bicyclic) bond motifs is 1. The van der Waals surface area contributed by atoms with Gasteiger partial charge in [0.15, 0.2) is 0 Å². The van der Waals surface area contributed by atoms with Gasteiger partial charge in [0.25, 0.3) is 0 Å². The second kappa shape index (κ2) is 8.27. The molecule has 1 aliphatic carbocycles. The second-order valence-corrected chi connectivity index (χ2v) is 9.40. The summed E-state index contributed by atoms with van der Waals surface area (Å²) in [7, 11) is 0. The molecule has 0 saturated heterocycles. The lowest BCUT2D eigenvalue weighted by molar-refractivity contribution is -0.131. The van der Waals surface area contributed by atoms with Crippen molar-refractivity contribution in [2.24, 2.45) is 0 Å². The van der Waals surface area contributed by atoms with Crippen molar-refractivity contribution in [1.82, 2.24) is 9.88 Å². The van der Waals surface area contributed by atoms with Crippen LogP contribution in [0.1, 0.15) is 35.1 Å². The minimum absolute atomic E-state index is 0.208. The normalized spacial score (nSPS) is 13.5. The third-order valence-corrected chi connectivity index (χ3v) is 6.66. The number of amides is 1.